The number of benzene rings is 1. The topological polar surface area (TPSA) is 53.5 Å². The molecule has 0 aliphatic heterocycles. The van der Waals surface area contributed by atoms with Crippen LogP contribution in [0.5, 0.6) is 0 Å². The fraction of sp³-hybridized carbons (Fsp3) is 0.500. The molecule has 0 heterocycles. The summed E-state index contributed by atoms with van der Waals surface area (Å²) in [6.45, 7) is 6.99. The van der Waals surface area contributed by atoms with E-state index in [1.165, 1.54) is 11.1 Å². The lowest BCUT2D eigenvalue weighted by molar-refractivity contribution is -0.00640. The minimum atomic E-state index is -0.539. The van der Waals surface area contributed by atoms with Gasteiger partial charge in [-0.15, -0.1) is 0 Å². The number of aliphatic hydroxyl groups is 1. The molecular weight excluding hydrogens is 300 g/mol. The van der Waals surface area contributed by atoms with Crippen LogP contribution in [0, 0.1) is 0 Å². The van der Waals surface area contributed by atoms with Gasteiger partial charge in [0.05, 0.1) is 11.8 Å². The summed E-state index contributed by atoms with van der Waals surface area (Å²) in [5.74, 6) is 0. The van der Waals surface area contributed by atoms with Crippen molar-refractivity contribution in [3.63, 3.8) is 0 Å². The van der Waals surface area contributed by atoms with E-state index in [1.807, 2.05) is 18.2 Å². The van der Waals surface area contributed by atoms with Gasteiger partial charge in [0.25, 0.3) is 0 Å². The SMILES string of the molecule is CC(C)(C)NC[C@H](O)CONC1=CCCCC1=Cc1ccccc1. The average molecular weight is 330 g/mol. The van der Waals surface area contributed by atoms with Crippen molar-refractivity contribution in [3.05, 3.63) is 53.2 Å². The van der Waals surface area contributed by atoms with E-state index < -0.39 is 6.10 Å². The lowest BCUT2D eigenvalue weighted by Gasteiger charge is -2.23. The first-order valence-electron chi connectivity index (χ1n) is 8.71. The van der Waals surface area contributed by atoms with Crippen LogP contribution in [0.25, 0.3) is 6.08 Å². The Kier molecular flexibility index (Phi) is 7.03. The minimum absolute atomic E-state index is 0.00804. The quantitative estimate of drug-likeness (QED) is 0.671. The Labute approximate surface area is 145 Å². The molecule has 132 valence electrons. The second kappa shape index (κ2) is 9.02. The molecule has 1 aliphatic rings. The van der Waals surface area contributed by atoms with Gasteiger partial charge in [-0.1, -0.05) is 36.4 Å². The third-order valence-corrected chi connectivity index (χ3v) is 3.81. The van der Waals surface area contributed by atoms with Crippen molar-refractivity contribution in [2.24, 2.45) is 0 Å². The van der Waals surface area contributed by atoms with Gasteiger partial charge in [0, 0.05) is 12.1 Å². The first-order chi connectivity index (χ1) is 11.4. The number of hydrogen-bond acceptors (Lipinski definition) is 4. The summed E-state index contributed by atoms with van der Waals surface area (Å²) in [4.78, 5) is 5.52. The van der Waals surface area contributed by atoms with Crippen LogP contribution in [-0.4, -0.2) is 29.9 Å². The van der Waals surface area contributed by atoms with E-state index in [-0.39, 0.29) is 12.1 Å². The number of aliphatic hydroxyl groups excluding tert-OH is 1. The predicted octanol–water partition coefficient (Wildman–Crippen LogP) is 3.41. The van der Waals surface area contributed by atoms with Gasteiger partial charge in [0.15, 0.2) is 0 Å². The largest absolute Gasteiger partial charge is 0.389 e. The lowest BCUT2D eigenvalue weighted by atomic mass is 9.97. The van der Waals surface area contributed by atoms with Crippen LogP contribution in [-0.2, 0) is 4.84 Å². The van der Waals surface area contributed by atoms with Crippen molar-refractivity contribution < 1.29 is 9.94 Å². The van der Waals surface area contributed by atoms with E-state index in [0.717, 1.165) is 25.0 Å². The number of rotatable bonds is 7. The molecule has 0 unspecified atom stereocenters. The smallest absolute Gasteiger partial charge is 0.102 e. The van der Waals surface area contributed by atoms with Crippen molar-refractivity contribution in [3.8, 4) is 0 Å². The maximum Gasteiger partial charge on any atom is 0.102 e. The predicted molar refractivity (Wildman–Crippen MR) is 99.2 cm³/mol. The molecule has 0 bridgehead atoms. The molecule has 3 N–H and O–H groups in total. The van der Waals surface area contributed by atoms with Crippen LogP contribution in [0.2, 0.25) is 0 Å². The Morgan fingerprint density at radius 3 is 2.71 bits per heavy atom. The zero-order chi connectivity index (χ0) is 17.4. The van der Waals surface area contributed by atoms with Gasteiger partial charge >= 0.3 is 0 Å². The normalized spacial score (nSPS) is 18.3. The molecule has 1 atom stereocenters. The molecule has 2 rings (SSSR count). The number of β-amino-alcohol motifs (C(OH)–C–C–N with tert-alkyl or cyclic N) is 1. The molecule has 0 fully saturated rings. The van der Waals surface area contributed by atoms with Gasteiger partial charge < -0.3 is 10.4 Å². The maximum absolute atomic E-state index is 9.98. The molecule has 4 heteroatoms. The standard InChI is InChI=1S/C20H30N2O2/c1-20(2,3)21-14-18(23)15-24-22-19-12-8-7-11-17(19)13-16-9-5-4-6-10-16/h4-6,9-10,12-13,18,21-23H,7-8,11,14-15H2,1-3H3/t18-/m0/s1. The highest BCUT2D eigenvalue weighted by Crippen LogP contribution is 2.24. The summed E-state index contributed by atoms with van der Waals surface area (Å²) in [5.41, 5.74) is 6.47. The van der Waals surface area contributed by atoms with Gasteiger partial charge in [-0.05, 0) is 57.2 Å². The highest BCUT2D eigenvalue weighted by Gasteiger charge is 2.14. The van der Waals surface area contributed by atoms with E-state index in [4.69, 9.17) is 4.84 Å². The van der Waals surface area contributed by atoms with Crippen LogP contribution >= 0.6 is 0 Å². The zero-order valence-electron chi connectivity index (χ0n) is 15.0. The molecule has 0 spiro atoms. The molecule has 4 nitrogen and oxygen atoms in total. The van der Waals surface area contributed by atoms with Crippen LogP contribution in [0.3, 0.4) is 0 Å². The molecular formula is C20H30N2O2. The Balaban J connectivity index is 1.84. The molecule has 0 saturated carbocycles. The molecule has 0 aromatic heterocycles. The minimum Gasteiger partial charge on any atom is -0.389 e. The highest BCUT2D eigenvalue weighted by molar-refractivity contribution is 5.58. The van der Waals surface area contributed by atoms with E-state index >= 15 is 0 Å². The molecule has 0 amide bonds. The van der Waals surface area contributed by atoms with Crippen molar-refractivity contribution in [2.75, 3.05) is 13.2 Å². The molecule has 24 heavy (non-hydrogen) atoms. The molecule has 1 aromatic carbocycles. The summed E-state index contributed by atoms with van der Waals surface area (Å²) >= 11 is 0. The van der Waals surface area contributed by atoms with Crippen molar-refractivity contribution in [1.29, 1.82) is 0 Å². The highest BCUT2D eigenvalue weighted by atomic mass is 16.6. The van der Waals surface area contributed by atoms with Gasteiger partial charge in [-0.25, -0.2) is 0 Å². The van der Waals surface area contributed by atoms with E-state index in [9.17, 15) is 5.11 Å². The number of allylic oxidation sites excluding steroid dienone is 2. The molecule has 0 saturated heterocycles. The van der Waals surface area contributed by atoms with Gasteiger partial charge in [-0.3, -0.25) is 10.3 Å². The van der Waals surface area contributed by atoms with Gasteiger partial charge in [0.1, 0.15) is 6.61 Å². The fourth-order valence-electron chi connectivity index (χ4n) is 2.51. The van der Waals surface area contributed by atoms with E-state index in [1.54, 1.807) is 0 Å². The Morgan fingerprint density at radius 1 is 1.25 bits per heavy atom. The Bertz CT molecular complexity index is 559. The zero-order valence-corrected chi connectivity index (χ0v) is 15.0. The number of hydrogen-bond donors (Lipinski definition) is 3. The van der Waals surface area contributed by atoms with Gasteiger partial charge in [-0.2, -0.15) is 0 Å². The first-order valence-corrected chi connectivity index (χ1v) is 8.71. The van der Waals surface area contributed by atoms with Crippen LogP contribution < -0.4 is 10.8 Å². The monoisotopic (exact) mass is 330 g/mol. The van der Waals surface area contributed by atoms with Crippen molar-refractivity contribution >= 4 is 6.08 Å². The maximum atomic E-state index is 9.98. The second-order valence-electron chi connectivity index (χ2n) is 7.29. The van der Waals surface area contributed by atoms with Gasteiger partial charge in [0.2, 0.25) is 0 Å². The molecule has 1 aromatic rings. The molecule has 0 radical (unpaired) electrons. The Morgan fingerprint density at radius 2 is 2.00 bits per heavy atom. The fourth-order valence-corrected chi connectivity index (χ4v) is 2.51. The van der Waals surface area contributed by atoms with Crippen molar-refractivity contribution in [1.82, 2.24) is 10.8 Å². The third kappa shape index (κ3) is 6.87. The summed E-state index contributed by atoms with van der Waals surface area (Å²) < 4.78 is 0. The van der Waals surface area contributed by atoms with E-state index in [2.05, 4.69) is 55.9 Å². The third-order valence-electron chi connectivity index (χ3n) is 3.81. The summed E-state index contributed by atoms with van der Waals surface area (Å²) in [6.07, 6.45) is 7.05. The van der Waals surface area contributed by atoms with Crippen LogP contribution in [0.4, 0.5) is 0 Å². The lowest BCUT2D eigenvalue weighted by Crippen LogP contribution is -2.42. The first kappa shape index (κ1) is 18.7. The number of hydroxylamine groups is 1. The van der Waals surface area contributed by atoms with Crippen molar-refractivity contribution in [2.45, 2.75) is 51.7 Å². The Hall–Kier alpha value is -1.62. The van der Waals surface area contributed by atoms with Crippen LogP contribution in [0.15, 0.2) is 47.7 Å². The average Bonchev–Trinajstić information content (AvgIpc) is 2.55. The van der Waals surface area contributed by atoms with E-state index in [0.29, 0.717) is 6.54 Å². The summed E-state index contributed by atoms with van der Waals surface area (Å²) in [5, 5.41) is 13.2. The van der Waals surface area contributed by atoms with Crippen LogP contribution in [0.1, 0.15) is 45.6 Å². The summed E-state index contributed by atoms with van der Waals surface area (Å²) in [7, 11) is 0. The summed E-state index contributed by atoms with van der Waals surface area (Å²) in [6, 6.07) is 10.3. The number of nitrogens with one attached hydrogen (secondary N) is 2. The second-order valence-corrected chi connectivity index (χ2v) is 7.29. The molecule has 1 aliphatic carbocycles.